The highest BCUT2D eigenvalue weighted by Crippen LogP contribution is 2.48. The van der Waals surface area contributed by atoms with Crippen molar-refractivity contribution >= 4 is 12.1 Å². The molecule has 0 aromatic heterocycles. The van der Waals surface area contributed by atoms with Gasteiger partial charge in [-0.15, -0.1) is 0 Å². The van der Waals surface area contributed by atoms with E-state index in [1.54, 1.807) is 0 Å². The quantitative estimate of drug-likeness (QED) is 0.734. The van der Waals surface area contributed by atoms with E-state index >= 15 is 0 Å². The van der Waals surface area contributed by atoms with Crippen molar-refractivity contribution in [1.29, 1.82) is 0 Å². The Labute approximate surface area is 167 Å². The van der Waals surface area contributed by atoms with Crippen LogP contribution < -0.4 is 0 Å². The zero-order valence-corrected chi connectivity index (χ0v) is 15.6. The standard InChI is InChI=1S/C22H20O7/c23-20-22(29-21(24)25-13-14-7-3-1-4-8-14)11-16-18(17(12-22)27-20)28-19(26-16)15-9-5-2-6-10-15/h1-10,16-19H,11-13H2/t16-,17-,18-,19-,22+/m1/s1. The predicted molar refractivity (Wildman–Crippen MR) is 98.5 cm³/mol. The number of carbonyl (C=O) groups is 2. The van der Waals surface area contributed by atoms with Gasteiger partial charge in [-0.05, 0) is 5.56 Å². The van der Waals surface area contributed by atoms with Gasteiger partial charge in [-0.2, -0.15) is 0 Å². The molecule has 0 spiro atoms. The number of ether oxygens (including phenoxy) is 5. The molecular weight excluding hydrogens is 376 g/mol. The molecule has 2 aromatic rings. The number of esters is 1. The Morgan fingerprint density at radius 2 is 1.66 bits per heavy atom. The number of benzene rings is 2. The van der Waals surface area contributed by atoms with Crippen molar-refractivity contribution in [3.63, 3.8) is 0 Å². The van der Waals surface area contributed by atoms with E-state index in [0.717, 1.165) is 11.1 Å². The van der Waals surface area contributed by atoms with Crippen LogP contribution >= 0.6 is 0 Å². The average molecular weight is 396 g/mol. The summed E-state index contributed by atoms with van der Waals surface area (Å²) < 4.78 is 28.2. The van der Waals surface area contributed by atoms with Gasteiger partial charge in [-0.25, -0.2) is 9.59 Å². The van der Waals surface area contributed by atoms with E-state index in [4.69, 9.17) is 23.7 Å². The highest BCUT2D eigenvalue weighted by Gasteiger charge is 2.64. The fourth-order valence-corrected chi connectivity index (χ4v) is 4.16. The van der Waals surface area contributed by atoms with Crippen LogP contribution in [0, 0.1) is 0 Å². The van der Waals surface area contributed by atoms with Gasteiger partial charge in [0, 0.05) is 18.4 Å². The normalized spacial score (nSPS) is 32.3. The summed E-state index contributed by atoms with van der Waals surface area (Å²) in [6, 6.07) is 18.8. The zero-order chi connectivity index (χ0) is 19.8. The highest BCUT2D eigenvalue weighted by molar-refractivity contribution is 5.85. The van der Waals surface area contributed by atoms with Crippen LogP contribution in [0.3, 0.4) is 0 Å². The molecule has 2 bridgehead atoms. The molecule has 0 unspecified atom stereocenters. The molecule has 2 saturated heterocycles. The topological polar surface area (TPSA) is 80.3 Å². The van der Waals surface area contributed by atoms with E-state index in [-0.39, 0.29) is 25.6 Å². The van der Waals surface area contributed by atoms with Crippen LogP contribution in [0.15, 0.2) is 60.7 Å². The first kappa shape index (κ1) is 18.1. The summed E-state index contributed by atoms with van der Waals surface area (Å²) in [6.45, 7) is 0.0655. The molecule has 0 radical (unpaired) electrons. The summed E-state index contributed by atoms with van der Waals surface area (Å²) in [4.78, 5) is 24.8. The first-order chi connectivity index (χ1) is 14.1. The van der Waals surface area contributed by atoms with Crippen molar-refractivity contribution in [3.8, 4) is 0 Å². The third-order valence-electron chi connectivity index (χ3n) is 5.55. The van der Waals surface area contributed by atoms with Gasteiger partial charge in [0.1, 0.15) is 18.8 Å². The van der Waals surface area contributed by atoms with E-state index in [0.29, 0.717) is 0 Å². The Hall–Kier alpha value is -2.90. The predicted octanol–water partition coefficient (Wildman–Crippen LogP) is 3.28. The monoisotopic (exact) mass is 396 g/mol. The molecule has 150 valence electrons. The minimum Gasteiger partial charge on any atom is -0.456 e. The summed E-state index contributed by atoms with van der Waals surface area (Å²) in [6.07, 6.45) is -2.34. The first-order valence-electron chi connectivity index (χ1n) is 9.60. The number of fused-ring (bicyclic) bond motifs is 4. The van der Waals surface area contributed by atoms with E-state index < -0.39 is 36.2 Å². The number of hydrogen-bond donors (Lipinski definition) is 0. The van der Waals surface area contributed by atoms with Crippen LogP contribution in [-0.4, -0.2) is 36.0 Å². The summed E-state index contributed by atoms with van der Waals surface area (Å²) >= 11 is 0. The third-order valence-corrected chi connectivity index (χ3v) is 5.55. The SMILES string of the molecule is O=C(OCc1ccccc1)O[C@@]12C[C@@H](OC1=O)[C@@H]1O[C@H](c3ccccc3)O[C@@H]1C2. The molecule has 3 aliphatic rings. The Morgan fingerprint density at radius 1 is 0.966 bits per heavy atom. The first-order valence-corrected chi connectivity index (χ1v) is 9.60. The van der Waals surface area contributed by atoms with E-state index in [9.17, 15) is 9.59 Å². The van der Waals surface area contributed by atoms with Gasteiger partial charge in [0.15, 0.2) is 6.29 Å². The van der Waals surface area contributed by atoms with Crippen LogP contribution in [0.5, 0.6) is 0 Å². The second-order valence-electron chi connectivity index (χ2n) is 7.49. The molecule has 2 aliphatic heterocycles. The van der Waals surface area contributed by atoms with E-state index in [1.807, 2.05) is 60.7 Å². The highest BCUT2D eigenvalue weighted by atomic mass is 16.8. The summed E-state index contributed by atoms with van der Waals surface area (Å²) in [5.41, 5.74) is 0.325. The summed E-state index contributed by atoms with van der Waals surface area (Å²) in [5.74, 6) is -0.572. The van der Waals surface area contributed by atoms with Crippen molar-refractivity contribution in [2.24, 2.45) is 0 Å². The molecule has 7 heteroatoms. The maximum Gasteiger partial charge on any atom is 0.509 e. The van der Waals surface area contributed by atoms with Gasteiger partial charge < -0.3 is 23.7 Å². The van der Waals surface area contributed by atoms with Crippen LogP contribution in [0.1, 0.15) is 30.3 Å². The van der Waals surface area contributed by atoms with Gasteiger partial charge in [-0.3, -0.25) is 0 Å². The Bertz CT molecular complexity index is 900. The lowest BCUT2D eigenvalue weighted by atomic mass is 9.82. The van der Waals surface area contributed by atoms with Crippen LogP contribution in [0.2, 0.25) is 0 Å². The van der Waals surface area contributed by atoms with Crippen molar-refractivity contribution in [3.05, 3.63) is 71.8 Å². The molecule has 5 rings (SSSR count). The second-order valence-corrected chi connectivity index (χ2v) is 7.49. The minimum absolute atomic E-state index is 0.0655. The maximum absolute atomic E-state index is 12.5. The molecule has 3 fully saturated rings. The van der Waals surface area contributed by atoms with Crippen molar-refractivity contribution < 1.29 is 33.3 Å². The molecule has 0 amide bonds. The lowest BCUT2D eigenvalue weighted by Gasteiger charge is -2.32. The summed E-state index contributed by atoms with van der Waals surface area (Å²) in [5, 5.41) is 0. The fraction of sp³-hybridized carbons (Fsp3) is 0.364. The average Bonchev–Trinajstić information content (AvgIpc) is 3.28. The minimum atomic E-state index is -1.39. The molecule has 29 heavy (non-hydrogen) atoms. The molecule has 1 saturated carbocycles. The van der Waals surface area contributed by atoms with Gasteiger partial charge in [0.05, 0.1) is 6.10 Å². The molecular formula is C22H20O7. The third kappa shape index (κ3) is 3.36. The van der Waals surface area contributed by atoms with Gasteiger partial charge in [-0.1, -0.05) is 60.7 Å². The maximum atomic E-state index is 12.5. The lowest BCUT2D eigenvalue weighted by molar-refractivity contribution is -0.161. The lowest BCUT2D eigenvalue weighted by Crippen LogP contribution is -2.49. The molecule has 7 nitrogen and oxygen atoms in total. The van der Waals surface area contributed by atoms with Crippen molar-refractivity contribution in [2.75, 3.05) is 0 Å². The van der Waals surface area contributed by atoms with Gasteiger partial charge in [0.25, 0.3) is 0 Å². The number of rotatable bonds is 4. The largest absolute Gasteiger partial charge is 0.509 e. The fourth-order valence-electron chi connectivity index (χ4n) is 4.16. The zero-order valence-electron chi connectivity index (χ0n) is 15.6. The van der Waals surface area contributed by atoms with Crippen molar-refractivity contribution in [1.82, 2.24) is 0 Å². The smallest absolute Gasteiger partial charge is 0.456 e. The number of hydrogen-bond acceptors (Lipinski definition) is 7. The molecule has 2 aromatic carbocycles. The summed E-state index contributed by atoms with van der Waals surface area (Å²) in [7, 11) is 0. The van der Waals surface area contributed by atoms with Crippen LogP contribution in [-0.2, 0) is 35.1 Å². The van der Waals surface area contributed by atoms with Gasteiger partial charge >= 0.3 is 12.1 Å². The molecule has 0 N–H and O–H groups in total. The molecule has 5 atom stereocenters. The van der Waals surface area contributed by atoms with E-state index in [1.165, 1.54) is 0 Å². The van der Waals surface area contributed by atoms with Crippen LogP contribution in [0.25, 0.3) is 0 Å². The Balaban J connectivity index is 1.26. The van der Waals surface area contributed by atoms with Crippen molar-refractivity contribution in [2.45, 2.75) is 49.7 Å². The Morgan fingerprint density at radius 3 is 2.41 bits per heavy atom. The number of carbonyl (C=O) groups excluding carboxylic acids is 2. The molecule has 1 aliphatic carbocycles. The molecule has 2 heterocycles. The Kier molecular flexibility index (Phi) is 4.49. The van der Waals surface area contributed by atoms with Crippen LogP contribution in [0.4, 0.5) is 4.79 Å². The second kappa shape index (κ2) is 7.17. The van der Waals surface area contributed by atoms with E-state index in [2.05, 4.69) is 0 Å². The van der Waals surface area contributed by atoms with Gasteiger partial charge in [0.2, 0.25) is 5.60 Å².